The van der Waals surface area contributed by atoms with Crippen molar-refractivity contribution in [1.82, 2.24) is 5.32 Å². The Morgan fingerprint density at radius 1 is 1.17 bits per heavy atom. The molecule has 0 saturated heterocycles. The lowest BCUT2D eigenvalue weighted by Gasteiger charge is -2.18. The van der Waals surface area contributed by atoms with Crippen LogP contribution in [0, 0.1) is 18.2 Å². The summed E-state index contributed by atoms with van der Waals surface area (Å²) in [5, 5.41) is 2.85. The van der Waals surface area contributed by atoms with E-state index in [9.17, 15) is 9.18 Å². The van der Waals surface area contributed by atoms with E-state index in [-0.39, 0.29) is 24.9 Å². The molecule has 0 aromatic heterocycles. The van der Waals surface area contributed by atoms with Crippen LogP contribution in [-0.2, 0) is 16.0 Å². The van der Waals surface area contributed by atoms with E-state index in [1.165, 1.54) is 24.3 Å². The number of methoxy groups -OCH3 is 1. The maximum Gasteiger partial charge on any atom is 0.252 e. The number of carbonyl (C=O) groups excluding carboxylic acids is 1. The smallest absolute Gasteiger partial charge is 0.252 e. The van der Waals surface area contributed by atoms with Crippen molar-refractivity contribution in [2.24, 2.45) is 0 Å². The average molecular weight is 415 g/mol. The Morgan fingerprint density at radius 3 is 2.60 bits per heavy atom. The third-order valence-electron chi connectivity index (χ3n) is 4.13. The summed E-state index contributed by atoms with van der Waals surface area (Å²) in [4.78, 5) is 12.5. The second-order valence-corrected chi connectivity index (χ2v) is 6.23. The van der Waals surface area contributed by atoms with E-state index in [4.69, 9.17) is 25.4 Å². The molecule has 2 aromatic carbocycles. The van der Waals surface area contributed by atoms with Gasteiger partial charge in [0.05, 0.1) is 7.11 Å². The van der Waals surface area contributed by atoms with Gasteiger partial charge >= 0.3 is 0 Å². The fraction of sp³-hybridized carbons (Fsp3) is 0.348. The van der Waals surface area contributed by atoms with Gasteiger partial charge in [-0.05, 0) is 55.3 Å². The highest BCUT2D eigenvalue weighted by molar-refractivity contribution is 5.81. The molecule has 0 bridgehead atoms. The highest BCUT2D eigenvalue weighted by atomic mass is 19.1. The van der Waals surface area contributed by atoms with Crippen LogP contribution in [0.15, 0.2) is 42.5 Å². The number of rotatable bonds is 12. The third-order valence-corrected chi connectivity index (χ3v) is 4.13. The zero-order chi connectivity index (χ0) is 21.8. The fourth-order valence-electron chi connectivity index (χ4n) is 2.65. The van der Waals surface area contributed by atoms with Crippen LogP contribution in [0.25, 0.3) is 0 Å². The van der Waals surface area contributed by atoms with Crippen molar-refractivity contribution < 1.29 is 28.1 Å². The number of benzene rings is 2. The number of carbonyl (C=O) groups is 1. The molecule has 1 atom stereocenters. The quantitative estimate of drug-likeness (QED) is 0.540. The van der Waals surface area contributed by atoms with Crippen LogP contribution < -0.4 is 19.5 Å². The maximum absolute atomic E-state index is 13.0. The largest absolute Gasteiger partial charge is 0.493 e. The van der Waals surface area contributed by atoms with Crippen molar-refractivity contribution in [3.05, 3.63) is 53.8 Å². The average Bonchev–Trinajstić information content (AvgIpc) is 2.76. The first-order valence-corrected chi connectivity index (χ1v) is 9.58. The minimum absolute atomic E-state index is 0.0281. The molecule has 0 spiro atoms. The van der Waals surface area contributed by atoms with E-state index in [2.05, 4.69) is 11.2 Å². The maximum atomic E-state index is 13.0. The Bertz CT molecular complexity index is 848. The van der Waals surface area contributed by atoms with Gasteiger partial charge in [-0.25, -0.2) is 4.39 Å². The Hall–Kier alpha value is -3.24. The van der Waals surface area contributed by atoms with Crippen molar-refractivity contribution in [3.63, 3.8) is 0 Å². The summed E-state index contributed by atoms with van der Waals surface area (Å²) < 4.78 is 34.7. The van der Waals surface area contributed by atoms with Crippen LogP contribution in [0.5, 0.6) is 17.2 Å². The normalized spacial score (nSPS) is 11.3. The summed E-state index contributed by atoms with van der Waals surface area (Å²) in [5.74, 6) is 3.39. The lowest BCUT2D eigenvalue weighted by Crippen LogP contribution is -2.41. The molecular formula is C23H26FNO5. The molecule has 0 aliphatic rings. The van der Waals surface area contributed by atoms with Crippen molar-refractivity contribution >= 4 is 5.91 Å². The molecular weight excluding hydrogens is 389 g/mol. The zero-order valence-electron chi connectivity index (χ0n) is 17.2. The van der Waals surface area contributed by atoms with Crippen molar-refractivity contribution in [1.29, 1.82) is 0 Å². The van der Waals surface area contributed by atoms with Gasteiger partial charge in [0.15, 0.2) is 17.6 Å². The van der Waals surface area contributed by atoms with E-state index in [0.29, 0.717) is 36.8 Å². The van der Waals surface area contributed by atoms with E-state index >= 15 is 0 Å². The molecule has 0 saturated carbocycles. The number of nitrogens with one attached hydrogen (secondary N) is 1. The van der Waals surface area contributed by atoms with Crippen LogP contribution in [0.3, 0.4) is 0 Å². The summed E-state index contributed by atoms with van der Waals surface area (Å²) in [6, 6.07) is 11.1. The molecule has 6 nitrogen and oxygen atoms in total. The Morgan fingerprint density at radius 2 is 1.93 bits per heavy atom. The zero-order valence-corrected chi connectivity index (χ0v) is 17.2. The van der Waals surface area contributed by atoms with E-state index in [1.54, 1.807) is 20.1 Å². The first-order chi connectivity index (χ1) is 14.6. The number of amides is 1. The predicted octanol–water partition coefficient (Wildman–Crippen LogP) is 2.99. The molecule has 1 N–H and O–H groups in total. The number of ether oxygens (including phenoxy) is 4. The summed E-state index contributed by atoms with van der Waals surface area (Å²) in [5.41, 5.74) is 0.968. The van der Waals surface area contributed by atoms with Crippen molar-refractivity contribution in [2.45, 2.75) is 19.4 Å². The van der Waals surface area contributed by atoms with E-state index in [1.807, 2.05) is 12.1 Å². The molecule has 1 amide bonds. The molecule has 0 aliphatic carbocycles. The van der Waals surface area contributed by atoms with Gasteiger partial charge in [-0.1, -0.05) is 12.0 Å². The number of hydrogen-bond donors (Lipinski definition) is 1. The minimum atomic E-state index is -0.769. The van der Waals surface area contributed by atoms with Crippen molar-refractivity contribution in [2.75, 3.05) is 33.5 Å². The van der Waals surface area contributed by atoms with Crippen LogP contribution in [0.1, 0.15) is 12.5 Å². The summed E-state index contributed by atoms with van der Waals surface area (Å²) >= 11 is 0. The van der Waals surface area contributed by atoms with E-state index < -0.39 is 6.10 Å². The van der Waals surface area contributed by atoms with Crippen LogP contribution in [0.2, 0.25) is 0 Å². The van der Waals surface area contributed by atoms with Gasteiger partial charge in [-0.15, -0.1) is 6.42 Å². The Kier molecular flexibility index (Phi) is 9.49. The Labute approximate surface area is 176 Å². The molecule has 0 fully saturated rings. The molecule has 2 rings (SSSR count). The van der Waals surface area contributed by atoms with Gasteiger partial charge in [0.2, 0.25) is 0 Å². The summed E-state index contributed by atoms with van der Waals surface area (Å²) in [7, 11) is 1.55. The lowest BCUT2D eigenvalue weighted by atomic mass is 10.1. The molecule has 0 unspecified atom stereocenters. The molecule has 2 aromatic rings. The highest BCUT2D eigenvalue weighted by Crippen LogP contribution is 2.28. The number of terminal acetylenes is 1. The monoisotopic (exact) mass is 415 g/mol. The molecule has 7 heteroatoms. The second-order valence-electron chi connectivity index (χ2n) is 6.23. The first kappa shape index (κ1) is 23.0. The van der Waals surface area contributed by atoms with Gasteiger partial charge in [0.25, 0.3) is 5.91 Å². The SMILES string of the molecule is C#CCOc1ccc(CCNC(=O)[C@H](COc2ccc(F)cc2)OCC)cc1OC. The first-order valence-electron chi connectivity index (χ1n) is 9.58. The topological polar surface area (TPSA) is 66.0 Å². The molecule has 0 heterocycles. The van der Waals surface area contributed by atoms with Gasteiger partial charge < -0.3 is 24.3 Å². The molecule has 30 heavy (non-hydrogen) atoms. The van der Waals surface area contributed by atoms with E-state index in [0.717, 1.165) is 5.56 Å². The van der Waals surface area contributed by atoms with Crippen LogP contribution in [0.4, 0.5) is 4.39 Å². The predicted molar refractivity (Wildman–Crippen MR) is 111 cm³/mol. The summed E-state index contributed by atoms with van der Waals surface area (Å²) in [6.45, 7) is 2.76. The highest BCUT2D eigenvalue weighted by Gasteiger charge is 2.19. The van der Waals surface area contributed by atoms with Crippen LogP contribution >= 0.6 is 0 Å². The number of halogens is 1. The molecule has 0 aliphatic heterocycles. The van der Waals surface area contributed by atoms with Crippen molar-refractivity contribution in [3.8, 4) is 29.6 Å². The van der Waals surface area contributed by atoms with Crippen LogP contribution in [-0.4, -0.2) is 45.5 Å². The number of hydrogen-bond acceptors (Lipinski definition) is 5. The lowest BCUT2D eigenvalue weighted by molar-refractivity contribution is -0.134. The fourth-order valence-corrected chi connectivity index (χ4v) is 2.65. The molecule has 160 valence electrons. The third kappa shape index (κ3) is 7.30. The van der Waals surface area contributed by atoms with Gasteiger partial charge in [-0.2, -0.15) is 0 Å². The molecule has 0 radical (unpaired) electrons. The Balaban J connectivity index is 1.86. The van der Waals surface area contributed by atoms with Gasteiger partial charge in [-0.3, -0.25) is 4.79 Å². The second kappa shape index (κ2) is 12.3. The summed E-state index contributed by atoms with van der Waals surface area (Å²) in [6.07, 6.45) is 5.03. The standard InChI is InChI=1S/C23H26FNO5/c1-4-14-29-20-11-6-17(15-21(20)27-3)12-13-25-23(26)22(28-5-2)16-30-19-9-7-18(24)8-10-19/h1,6-11,15,22H,5,12-14,16H2,2-3H3,(H,25,26)/t22-/m0/s1. The van der Waals surface area contributed by atoms with Gasteiger partial charge in [0.1, 0.15) is 24.8 Å². The van der Waals surface area contributed by atoms with Gasteiger partial charge in [0, 0.05) is 13.2 Å². The minimum Gasteiger partial charge on any atom is -0.493 e.